The van der Waals surface area contributed by atoms with E-state index in [0.29, 0.717) is 43.8 Å². The van der Waals surface area contributed by atoms with Crippen molar-refractivity contribution in [3.63, 3.8) is 0 Å². The second kappa shape index (κ2) is 15.3. The third kappa shape index (κ3) is 8.69. The average Bonchev–Trinajstić information content (AvgIpc) is 2.99. The number of esters is 1. The molecule has 0 aliphatic carbocycles. The van der Waals surface area contributed by atoms with Crippen molar-refractivity contribution in [3.05, 3.63) is 109 Å². The highest BCUT2D eigenvalue weighted by Crippen LogP contribution is 2.34. The number of hydrogen-bond acceptors (Lipinski definition) is 9. The highest BCUT2D eigenvalue weighted by Gasteiger charge is 2.32. The largest absolute Gasteiger partial charge is 0.487 e. The van der Waals surface area contributed by atoms with Crippen LogP contribution in [0.1, 0.15) is 36.6 Å². The number of nitrogens with zero attached hydrogens (tertiary/aromatic N) is 2. The number of ether oxygens (including phenoxy) is 3. The smallest absolute Gasteiger partial charge is 0.338 e. The molecular formula is C30H27Cl2N5O7S. The summed E-state index contributed by atoms with van der Waals surface area (Å²) in [6, 6.07) is 15.2. The molecule has 3 aromatic rings. The summed E-state index contributed by atoms with van der Waals surface area (Å²) in [5.41, 5.74) is 4.84. The Morgan fingerprint density at radius 1 is 1.13 bits per heavy atom. The van der Waals surface area contributed by atoms with Crippen LogP contribution in [-0.2, 0) is 20.9 Å². The van der Waals surface area contributed by atoms with E-state index >= 15 is 0 Å². The SMILES string of the molecule is CCOC(=O)C1=C(C)NC(=S)N[C@@H]1c1ccccc1OCC(=O)NN=Cc1cc(Cl)cc(Cl)c1OCc1ccc([N+](=O)[O-])cc1. The minimum atomic E-state index is -0.674. The zero-order valence-corrected chi connectivity index (χ0v) is 26.3. The summed E-state index contributed by atoms with van der Waals surface area (Å²) in [5.74, 6) is -0.497. The third-order valence-electron chi connectivity index (χ3n) is 6.31. The molecule has 45 heavy (non-hydrogen) atoms. The molecule has 1 amide bonds. The van der Waals surface area contributed by atoms with Crippen LogP contribution in [0, 0.1) is 10.1 Å². The molecule has 1 aliphatic heterocycles. The van der Waals surface area contributed by atoms with Crippen molar-refractivity contribution >= 4 is 64.3 Å². The van der Waals surface area contributed by atoms with Crippen LogP contribution < -0.4 is 25.5 Å². The zero-order valence-electron chi connectivity index (χ0n) is 24.0. The number of benzene rings is 3. The average molecular weight is 673 g/mol. The monoisotopic (exact) mass is 671 g/mol. The lowest BCUT2D eigenvalue weighted by atomic mass is 9.95. The highest BCUT2D eigenvalue weighted by molar-refractivity contribution is 7.80. The van der Waals surface area contributed by atoms with Gasteiger partial charge in [0.05, 0.1) is 34.4 Å². The molecular weight excluding hydrogens is 645 g/mol. The summed E-state index contributed by atoms with van der Waals surface area (Å²) in [4.78, 5) is 35.8. The molecule has 1 atom stereocenters. The number of nitrogens with one attached hydrogen (secondary N) is 3. The number of allylic oxidation sites excluding steroid dienone is 1. The lowest BCUT2D eigenvalue weighted by molar-refractivity contribution is -0.384. The van der Waals surface area contributed by atoms with Crippen molar-refractivity contribution in [2.24, 2.45) is 5.10 Å². The van der Waals surface area contributed by atoms with E-state index in [9.17, 15) is 19.7 Å². The second-order valence-corrected chi connectivity index (χ2v) is 10.7. The van der Waals surface area contributed by atoms with Gasteiger partial charge in [-0.2, -0.15) is 5.10 Å². The predicted octanol–water partition coefficient (Wildman–Crippen LogP) is 5.37. The topological polar surface area (TPSA) is 153 Å². The number of nitro groups is 1. The van der Waals surface area contributed by atoms with Gasteiger partial charge in [0.1, 0.15) is 18.1 Å². The van der Waals surface area contributed by atoms with Gasteiger partial charge in [-0.3, -0.25) is 14.9 Å². The molecule has 0 spiro atoms. The van der Waals surface area contributed by atoms with E-state index in [4.69, 9.17) is 49.6 Å². The van der Waals surface area contributed by atoms with Gasteiger partial charge in [-0.1, -0.05) is 41.4 Å². The van der Waals surface area contributed by atoms with Crippen molar-refractivity contribution in [2.75, 3.05) is 13.2 Å². The fourth-order valence-electron chi connectivity index (χ4n) is 4.30. The summed E-state index contributed by atoms with van der Waals surface area (Å²) >= 11 is 17.8. The zero-order chi connectivity index (χ0) is 32.5. The molecule has 0 bridgehead atoms. The Bertz CT molecular complexity index is 1680. The molecule has 0 radical (unpaired) electrons. The predicted molar refractivity (Wildman–Crippen MR) is 173 cm³/mol. The van der Waals surface area contributed by atoms with E-state index in [1.807, 2.05) is 0 Å². The quantitative estimate of drug-likeness (QED) is 0.0753. The number of carbonyl (C=O) groups excluding carboxylic acids is 2. The Morgan fingerprint density at radius 3 is 2.58 bits per heavy atom. The first-order valence-electron chi connectivity index (χ1n) is 13.4. The second-order valence-electron chi connectivity index (χ2n) is 9.43. The standard InChI is InChI=1S/C30H27Cl2N5O7S/c1-3-42-29(39)26-17(2)34-30(45)35-27(26)22-6-4-5-7-24(22)43-16-25(38)36-33-14-19-12-20(31)13-23(32)28(19)44-15-18-8-10-21(11-9-18)37(40)41/h4-14,27H,3,15-16H2,1-2H3,(H,36,38)(H2,34,35,45)/t27-/m1/s1. The first kappa shape index (κ1) is 33.2. The number of amides is 1. The molecule has 1 heterocycles. The third-order valence-corrected chi connectivity index (χ3v) is 7.03. The molecule has 0 fully saturated rings. The van der Waals surface area contributed by atoms with E-state index in [1.165, 1.54) is 24.4 Å². The van der Waals surface area contributed by atoms with Crippen molar-refractivity contribution < 1.29 is 28.7 Å². The van der Waals surface area contributed by atoms with E-state index in [2.05, 4.69) is 21.2 Å². The molecule has 0 saturated heterocycles. The molecule has 0 aromatic heterocycles. The van der Waals surface area contributed by atoms with E-state index in [1.54, 1.807) is 56.3 Å². The van der Waals surface area contributed by atoms with Gasteiger partial charge in [-0.25, -0.2) is 10.2 Å². The minimum Gasteiger partial charge on any atom is -0.487 e. The van der Waals surface area contributed by atoms with E-state index in [-0.39, 0.29) is 29.7 Å². The van der Waals surface area contributed by atoms with Gasteiger partial charge < -0.3 is 24.8 Å². The number of hydrazone groups is 1. The number of halogens is 2. The van der Waals surface area contributed by atoms with Crippen LogP contribution >= 0.6 is 35.4 Å². The number of rotatable bonds is 12. The lowest BCUT2D eigenvalue weighted by Gasteiger charge is -2.30. The van der Waals surface area contributed by atoms with Crippen LogP contribution in [0.15, 0.2) is 77.0 Å². The minimum absolute atomic E-state index is 0.0419. The fourth-order valence-corrected chi connectivity index (χ4v) is 5.14. The Balaban J connectivity index is 1.43. The molecule has 4 rings (SSSR count). The van der Waals surface area contributed by atoms with Crippen molar-refractivity contribution in [2.45, 2.75) is 26.5 Å². The maximum absolute atomic E-state index is 12.8. The lowest BCUT2D eigenvalue weighted by Crippen LogP contribution is -2.45. The normalized spacial score (nSPS) is 14.4. The number of thiocarbonyl (C=S) groups is 1. The molecule has 3 aromatic carbocycles. The van der Waals surface area contributed by atoms with Gasteiger partial charge >= 0.3 is 5.97 Å². The molecule has 3 N–H and O–H groups in total. The molecule has 12 nitrogen and oxygen atoms in total. The Morgan fingerprint density at radius 2 is 1.87 bits per heavy atom. The van der Waals surface area contributed by atoms with Crippen LogP contribution in [0.2, 0.25) is 10.0 Å². The van der Waals surface area contributed by atoms with Crippen molar-refractivity contribution in [3.8, 4) is 11.5 Å². The summed E-state index contributed by atoms with van der Waals surface area (Å²) in [6.45, 7) is 3.29. The van der Waals surface area contributed by atoms with E-state index in [0.717, 1.165) is 0 Å². The maximum atomic E-state index is 12.8. The van der Waals surface area contributed by atoms with Gasteiger partial charge in [0.25, 0.3) is 11.6 Å². The number of carbonyl (C=O) groups is 2. The van der Waals surface area contributed by atoms with Gasteiger partial charge in [0.2, 0.25) is 0 Å². The molecule has 1 aliphatic rings. The van der Waals surface area contributed by atoms with E-state index < -0.39 is 29.4 Å². The van der Waals surface area contributed by atoms with Crippen LogP contribution in [-0.4, -0.2) is 41.3 Å². The molecule has 0 unspecified atom stereocenters. The Labute approximate surface area is 273 Å². The molecule has 15 heteroatoms. The molecule has 234 valence electrons. The summed E-state index contributed by atoms with van der Waals surface area (Å²) in [6.07, 6.45) is 1.31. The van der Waals surface area contributed by atoms with Crippen LogP contribution in [0.4, 0.5) is 5.69 Å². The van der Waals surface area contributed by atoms with Crippen LogP contribution in [0.5, 0.6) is 11.5 Å². The maximum Gasteiger partial charge on any atom is 0.338 e. The van der Waals surface area contributed by atoms with Crippen LogP contribution in [0.3, 0.4) is 0 Å². The number of hydrogen-bond donors (Lipinski definition) is 3. The van der Waals surface area contributed by atoms with Crippen molar-refractivity contribution in [1.82, 2.24) is 16.1 Å². The number of non-ortho nitro benzene ring substituents is 1. The van der Waals surface area contributed by atoms with Gasteiger partial charge in [0.15, 0.2) is 11.7 Å². The van der Waals surface area contributed by atoms with Gasteiger partial charge in [-0.05, 0) is 62.0 Å². The number of nitro benzene ring substituents is 1. The van der Waals surface area contributed by atoms with Crippen LogP contribution in [0.25, 0.3) is 0 Å². The highest BCUT2D eigenvalue weighted by atomic mass is 35.5. The Hall–Kier alpha value is -4.72. The van der Waals surface area contributed by atoms with Gasteiger partial charge in [0, 0.05) is 34.0 Å². The van der Waals surface area contributed by atoms with Crippen molar-refractivity contribution in [1.29, 1.82) is 0 Å². The summed E-state index contributed by atoms with van der Waals surface area (Å²) in [7, 11) is 0. The summed E-state index contributed by atoms with van der Waals surface area (Å²) in [5, 5.41) is 21.7. The molecule has 0 saturated carbocycles. The summed E-state index contributed by atoms with van der Waals surface area (Å²) < 4.78 is 16.9. The first-order chi connectivity index (χ1) is 21.6. The fraction of sp³-hybridized carbons (Fsp3) is 0.200. The first-order valence-corrected chi connectivity index (χ1v) is 14.6. The van der Waals surface area contributed by atoms with Gasteiger partial charge in [-0.15, -0.1) is 0 Å². The Kier molecular flexibility index (Phi) is 11.3. The number of para-hydroxylation sites is 1.